The zero-order valence-electron chi connectivity index (χ0n) is 13.6. The van der Waals surface area contributed by atoms with Gasteiger partial charge in [0, 0.05) is 23.2 Å². The number of rotatable bonds is 7. The zero-order valence-corrected chi connectivity index (χ0v) is 15.2. The number of amides is 1. The van der Waals surface area contributed by atoms with Crippen LogP contribution in [0.5, 0.6) is 0 Å². The van der Waals surface area contributed by atoms with Gasteiger partial charge >= 0.3 is 0 Å². The van der Waals surface area contributed by atoms with E-state index >= 15 is 0 Å². The van der Waals surface area contributed by atoms with Crippen molar-refractivity contribution in [3.63, 3.8) is 0 Å². The Kier molecular flexibility index (Phi) is 8.10. The smallest absolute Gasteiger partial charge is 0.246 e. The van der Waals surface area contributed by atoms with E-state index in [0.717, 1.165) is 12.0 Å². The fourth-order valence-electron chi connectivity index (χ4n) is 2.07. The minimum absolute atomic E-state index is 0. The molecule has 0 radical (unpaired) electrons. The Morgan fingerprint density at radius 3 is 2.62 bits per heavy atom. The van der Waals surface area contributed by atoms with Crippen LogP contribution in [0.2, 0.25) is 5.02 Å². The van der Waals surface area contributed by atoms with E-state index in [1.165, 1.54) is 4.80 Å². The maximum atomic E-state index is 12.2. The SMILES string of the molecule is CCC(C(=O)NCCC(C)N)n1nnc(-c2ccc(Cl)cc2)n1.Cl. The van der Waals surface area contributed by atoms with Crippen molar-refractivity contribution >= 4 is 29.9 Å². The summed E-state index contributed by atoms with van der Waals surface area (Å²) >= 11 is 5.87. The Morgan fingerprint density at radius 1 is 1.38 bits per heavy atom. The fraction of sp³-hybridized carbons (Fsp3) is 0.467. The summed E-state index contributed by atoms with van der Waals surface area (Å²) in [5, 5.41) is 15.8. The lowest BCUT2D eigenvalue weighted by molar-refractivity contribution is -0.125. The van der Waals surface area contributed by atoms with Crippen LogP contribution in [0.4, 0.5) is 0 Å². The molecule has 0 fully saturated rings. The second-order valence-electron chi connectivity index (χ2n) is 5.42. The second-order valence-corrected chi connectivity index (χ2v) is 5.86. The van der Waals surface area contributed by atoms with Crippen molar-refractivity contribution in [2.75, 3.05) is 6.54 Å². The molecule has 0 aliphatic heterocycles. The number of benzene rings is 1. The number of carbonyl (C=O) groups excluding carboxylic acids is 1. The monoisotopic (exact) mass is 372 g/mol. The predicted octanol–water partition coefficient (Wildman–Crippen LogP) is 2.22. The number of nitrogens with two attached hydrogens (primary N) is 1. The average molecular weight is 373 g/mol. The van der Waals surface area contributed by atoms with Crippen LogP contribution in [0.25, 0.3) is 11.4 Å². The van der Waals surface area contributed by atoms with Gasteiger partial charge in [-0.3, -0.25) is 4.79 Å². The van der Waals surface area contributed by atoms with E-state index in [9.17, 15) is 4.79 Å². The first-order chi connectivity index (χ1) is 11.0. The molecule has 132 valence electrons. The van der Waals surface area contributed by atoms with Gasteiger partial charge in [-0.15, -0.1) is 22.6 Å². The number of nitrogens with zero attached hydrogens (tertiary/aromatic N) is 4. The van der Waals surface area contributed by atoms with Crippen molar-refractivity contribution in [3.05, 3.63) is 29.3 Å². The molecular formula is C15H22Cl2N6O. The van der Waals surface area contributed by atoms with Gasteiger partial charge in [0.25, 0.3) is 0 Å². The van der Waals surface area contributed by atoms with Crippen molar-refractivity contribution in [2.45, 2.75) is 38.8 Å². The number of hydrogen-bond donors (Lipinski definition) is 2. The van der Waals surface area contributed by atoms with E-state index in [-0.39, 0.29) is 24.4 Å². The first kappa shape index (κ1) is 20.3. The molecule has 2 atom stereocenters. The molecule has 1 heterocycles. The molecule has 0 bridgehead atoms. The quantitative estimate of drug-likeness (QED) is 0.775. The van der Waals surface area contributed by atoms with Crippen LogP contribution in [-0.2, 0) is 4.79 Å². The summed E-state index contributed by atoms with van der Waals surface area (Å²) in [6.45, 7) is 4.34. The molecule has 0 saturated carbocycles. The molecule has 9 heteroatoms. The Labute approximate surface area is 152 Å². The number of nitrogens with one attached hydrogen (secondary N) is 1. The predicted molar refractivity (Wildman–Crippen MR) is 96.1 cm³/mol. The Bertz CT molecular complexity index is 644. The zero-order chi connectivity index (χ0) is 16.8. The third-order valence-electron chi connectivity index (χ3n) is 3.40. The number of carbonyl (C=O) groups is 1. The van der Waals surface area contributed by atoms with Crippen molar-refractivity contribution in [2.24, 2.45) is 5.73 Å². The van der Waals surface area contributed by atoms with Crippen LogP contribution in [-0.4, -0.2) is 38.7 Å². The van der Waals surface area contributed by atoms with Crippen LogP contribution in [0, 0.1) is 0 Å². The van der Waals surface area contributed by atoms with Crippen LogP contribution in [0.15, 0.2) is 24.3 Å². The van der Waals surface area contributed by atoms with Gasteiger partial charge in [0.2, 0.25) is 11.7 Å². The van der Waals surface area contributed by atoms with Gasteiger partial charge in [-0.05, 0) is 49.2 Å². The summed E-state index contributed by atoms with van der Waals surface area (Å²) < 4.78 is 0. The van der Waals surface area contributed by atoms with Gasteiger partial charge in [0.05, 0.1) is 0 Å². The number of aromatic nitrogens is 4. The Balaban J connectivity index is 0.00000288. The van der Waals surface area contributed by atoms with Crippen molar-refractivity contribution < 1.29 is 4.79 Å². The standard InChI is InChI=1S/C15H21ClN6O.ClH/c1-3-13(15(23)18-9-8-10(2)17)22-20-14(19-21-22)11-4-6-12(16)7-5-11;/h4-7,10,13H,3,8-9,17H2,1-2H3,(H,18,23);1H. The normalized spacial score (nSPS) is 13.0. The summed E-state index contributed by atoms with van der Waals surface area (Å²) in [7, 11) is 0. The lowest BCUT2D eigenvalue weighted by Crippen LogP contribution is -2.35. The van der Waals surface area contributed by atoms with Crippen LogP contribution >= 0.6 is 24.0 Å². The highest BCUT2D eigenvalue weighted by atomic mass is 35.5. The molecule has 7 nitrogen and oxygen atoms in total. The van der Waals surface area contributed by atoms with E-state index in [4.69, 9.17) is 17.3 Å². The van der Waals surface area contributed by atoms with Gasteiger partial charge < -0.3 is 11.1 Å². The maximum absolute atomic E-state index is 12.2. The molecule has 1 amide bonds. The largest absolute Gasteiger partial charge is 0.354 e. The third kappa shape index (κ3) is 5.43. The highest BCUT2D eigenvalue weighted by Gasteiger charge is 2.21. The molecule has 1 aromatic heterocycles. The molecule has 0 saturated heterocycles. The lowest BCUT2D eigenvalue weighted by atomic mass is 10.2. The molecule has 2 unspecified atom stereocenters. The van der Waals surface area contributed by atoms with Crippen molar-refractivity contribution in [1.29, 1.82) is 0 Å². The minimum atomic E-state index is -0.489. The average Bonchev–Trinajstić information content (AvgIpc) is 2.98. The molecule has 2 rings (SSSR count). The first-order valence-electron chi connectivity index (χ1n) is 7.60. The molecule has 0 aliphatic rings. The van der Waals surface area contributed by atoms with Crippen molar-refractivity contribution in [3.8, 4) is 11.4 Å². The van der Waals surface area contributed by atoms with E-state index < -0.39 is 6.04 Å². The summed E-state index contributed by atoms with van der Waals surface area (Å²) in [4.78, 5) is 13.6. The van der Waals surface area contributed by atoms with Crippen LogP contribution in [0.1, 0.15) is 32.7 Å². The lowest BCUT2D eigenvalue weighted by Gasteiger charge is -2.14. The maximum Gasteiger partial charge on any atom is 0.246 e. The van der Waals surface area contributed by atoms with Crippen molar-refractivity contribution in [1.82, 2.24) is 25.5 Å². The van der Waals surface area contributed by atoms with Gasteiger partial charge in [0.15, 0.2) is 6.04 Å². The Hall–Kier alpha value is -1.70. The first-order valence-corrected chi connectivity index (χ1v) is 7.97. The number of hydrogen-bond acceptors (Lipinski definition) is 5. The summed E-state index contributed by atoms with van der Waals surface area (Å²) in [6, 6.07) is 6.71. The van der Waals surface area contributed by atoms with Gasteiger partial charge in [-0.2, -0.15) is 4.80 Å². The molecule has 3 N–H and O–H groups in total. The van der Waals surface area contributed by atoms with Crippen LogP contribution < -0.4 is 11.1 Å². The Morgan fingerprint density at radius 2 is 2.04 bits per heavy atom. The number of halogens is 2. The van der Waals surface area contributed by atoms with E-state index in [1.54, 1.807) is 12.1 Å². The molecule has 0 spiro atoms. The third-order valence-corrected chi connectivity index (χ3v) is 3.65. The second kappa shape index (κ2) is 9.56. The topological polar surface area (TPSA) is 98.7 Å². The minimum Gasteiger partial charge on any atom is -0.354 e. The summed E-state index contributed by atoms with van der Waals surface area (Å²) in [5.41, 5.74) is 6.48. The van der Waals surface area contributed by atoms with Crippen LogP contribution in [0.3, 0.4) is 0 Å². The molecule has 2 aromatic rings. The molecular weight excluding hydrogens is 351 g/mol. The highest BCUT2D eigenvalue weighted by Crippen LogP contribution is 2.18. The summed E-state index contributed by atoms with van der Waals surface area (Å²) in [5.74, 6) is 0.330. The molecule has 0 aliphatic carbocycles. The van der Waals surface area contributed by atoms with Gasteiger partial charge in [0.1, 0.15) is 0 Å². The van der Waals surface area contributed by atoms with E-state index in [1.807, 2.05) is 26.0 Å². The van der Waals surface area contributed by atoms with Gasteiger partial charge in [-0.1, -0.05) is 18.5 Å². The molecule has 24 heavy (non-hydrogen) atoms. The van der Waals surface area contributed by atoms with Gasteiger partial charge in [-0.25, -0.2) is 0 Å². The number of tetrazole rings is 1. The fourth-order valence-corrected chi connectivity index (χ4v) is 2.19. The van der Waals surface area contributed by atoms with E-state index in [2.05, 4.69) is 20.7 Å². The van der Waals surface area contributed by atoms with E-state index in [0.29, 0.717) is 23.8 Å². The summed E-state index contributed by atoms with van der Waals surface area (Å²) in [6.07, 6.45) is 1.30. The molecule has 1 aromatic carbocycles. The highest BCUT2D eigenvalue weighted by molar-refractivity contribution is 6.30.